The number of amides is 1. The topological polar surface area (TPSA) is 118 Å². The first-order chi connectivity index (χ1) is 9.75. The number of rotatable bonds is 6. The second-order valence-corrected chi connectivity index (χ2v) is 7.28. The molecule has 0 aromatic carbocycles. The fourth-order valence-corrected chi connectivity index (χ4v) is 3.13. The van der Waals surface area contributed by atoms with Gasteiger partial charge in [0.25, 0.3) is 5.91 Å². The summed E-state index contributed by atoms with van der Waals surface area (Å²) in [6, 6.07) is -0.0723. The minimum absolute atomic E-state index is 0.0723. The van der Waals surface area contributed by atoms with Crippen LogP contribution in [0.25, 0.3) is 0 Å². The zero-order chi connectivity index (χ0) is 15.8. The zero-order valence-electron chi connectivity index (χ0n) is 12.5. The van der Waals surface area contributed by atoms with Gasteiger partial charge in [-0.3, -0.25) is 9.89 Å². The van der Waals surface area contributed by atoms with Crippen molar-refractivity contribution in [3.8, 4) is 0 Å². The highest BCUT2D eigenvalue weighted by Gasteiger charge is 2.36. The van der Waals surface area contributed by atoms with E-state index in [1.54, 1.807) is 0 Å². The van der Waals surface area contributed by atoms with Crippen molar-refractivity contribution in [3.63, 3.8) is 0 Å². The van der Waals surface area contributed by atoms with Crippen molar-refractivity contribution in [2.24, 2.45) is 11.1 Å². The van der Waals surface area contributed by atoms with E-state index in [9.17, 15) is 13.2 Å². The number of aromatic amines is 1. The highest BCUT2D eigenvalue weighted by atomic mass is 32.2. The first-order valence-electron chi connectivity index (χ1n) is 7.17. The third kappa shape index (κ3) is 3.44. The Labute approximate surface area is 124 Å². The molecule has 2 unspecified atom stereocenters. The van der Waals surface area contributed by atoms with Crippen molar-refractivity contribution in [3.05, 3.63) is 11.4 Å². The zero-order valence-corrected chi connectivity index (χ0v) is 13.3. The minimum atomic E-state index is -3.99. The lowest BCUT2D eigenvalue weighted by Gasteiger charge is -2.19. The summed E-state index contributed by atoms with van der Waals surface area (Å²) in [7, 11) is -3.99. The van der Waals surface area contributed by atoms with Crippen molar-refractivity contribution >= 4 is 15.9 Å². The van der Waals surface area contributed by atoms with Gasteiger partial charge in [-0.2, -0.15) is 5.10 Å². The van der Waals surface area contributed by atoms with E-state index in [-0.39, 0.29) is 28.5 Å². The van der Waals surface area contributed by atoms with Crippen LogP contribution in [0.2, 0.25) is 0 Å². The molecule has 4 N–H and O–H groups in total. The Morgan fingerprint density at radius 2 is 2.10 bits per heavy atom. The maximum atomic E-state index is 12.3. The standard InChI is InChI=1S/C13H22N4O3S/c1-4-7(2)8(3)15-13(18)11-12(21(14,19)20)10(16-17-11)9-5-6-9/h7-9H,4-6H2,1-3H3,(H,15,18)(H,16,17)(H2,14,19,20). The summed E-state index contributed by atoms with van der Waals surface area (Å²) in [6.07, 6.45) is 2.68. The summed E-state index contributed by atoms with van der Waals surface area (Å²) in [4.78, 5) is 12.1. The Morgan fingerprint density at radius 1 is 1.48 bits per heavy atom. The van der Waals surface area contributed by atoms with Crippen LogP contribution in [0.3, 0.4) is 0 Å². The van der Waals surface area contributed by atoms with E-state index in [2.05, 4.69) is 15.5 Å². The first-order valence-corrected chi connectivity index (χ1v) is 8.72. The monoisotopic (exact) mass is 314 g/mol. The smallest absolute Gasteiger partial charge is 0.273 e. The van der Waals surface area contributed by atoms with Crippen LogP contribution in [-0.4, -0.2) is 30.6 Å². The molecule has 1 saturated carbocycles. The van der Waals surface area contributed by atoms with Crippen molar-refractivity contribution in [1.82, 2.24) is 15.5 Å². The molecule has 1 aromatic heterocycles. The minimum Gasteiger partial charge on any atom is -0.348 e. The molecule has 2 rings (SSSR count). The van der Waals surface area contributed by atoms with E-state index < -0.39 is 15.9 Å². The molecule has 1 heterocycles. The quantitative estimate of drug-likeness (QED) is 0.728. The highest BCUT2D eigenvalue weighted by Crippen LogP contribution is 2.42. The first kappa shape index (κ1) is 16.0. The summed E-state index contributed by atoms with van der Waals surface area (Å²) in [5, 5.41) is 14.6. The van der Waals surface area contributed by atoms with Crippen LogP contribution in [-0.2, 0) is 10.0 Å². The number of sulfonamides is 1. The average molecular weight is 314 g/mol. The van der Waals surface area contributed by atoms with Crippen molar-refractivity contribution in [2.45, 2.75) is 56.9 Å². The van der Waals surface area contributed by atoms with Gasteiger partial charge in [0.2, 0.25) is 10.0 Å². The van der Waals surface area contributed by atoms with E-state index in [1.165, 1.54) is 0 Å². The normalized spacial score (nSPS) is 18.3. The number of nitrogens with one attached hydrogen (secondary N) is 2. The third-order valence-electron chi connectivity index (χ3n) is 4.09. The van der Waals surface area contributed by atoms with Crippen LogP contribution in [0.15, 0.2) is 4.90 Å². The van der Waals surface area contributed by atoms with Crippen LogP contribution in [0, 0.1) is 5.92 Å². The molecule has 0 radical (unpaired) electrons. The second kappa shape index (κ2) is 5.76. The summed E-state index contributed by atoms with van der Waals surface area (Å²) >= 11 is 0. The van der Waals surface area contributed by atoms with Gasteiger partial charge in [-0.25, -0.2) is 13.6 Å². The number of H-pyrrole nitrogens is 1. The summed E-state index contributed by atoms with van der Waals surface area (Å²) in [5.74, 6) is -0.108. The van der Waals surface area contributed by atoms with Crippen LogP contribution in [0.1, 0.15) is 62.1 Å². The molecule has 2 atom stereocenters. The van der Waals surface area contributed by atoms with E-state index in [1.807, 2.05) is 20.8 Å². The predicted octanol–water partition coefficient (Wildman–Crippen LogP) is 1.10. The number of primary sulfonamides is 1. The van der Waals surface area contributed by atoms with E-state index in [4.69, 9.17) is 5.14 Å². The largest absolute Gasteiger partial charge is 0.348 e. The van der Waals surface area contributed by atoms with Crippen molar-refractivity contribution in [1.29, 1.82) is 0 Å². The molecule has 8 heteroatoms. The van der Waals surface area contributed by atoms with Crippen LogP contribution < -0.4 is 10.5 Å². The number of nitrogens with two attached hydrogens (primary N) is 1. The summed E-state index contributed by atoms with van der Waals surface area (Å²) in [5.41, 5.74) is 0.327. The predicted molar refractivity (Wildman–Crippen MR) is 78.3 cm³/mol. The third-order valence-corrected chi connectivity index (χ3v) is 5.07. The lowest BCUT2D eigenvalue weighted by atomic mass is 10.0. The van der Waals surface area contributed by atoms with Gasteiger partial charge in [-0.1, -0.05) is 20.3 Å². The van der Waals surface area contributed by atoms with Crippen LogP contribution in [0.5, 0.6) is 0 Å². The van der Waals surface area contributed by atoms with Crippen LogP contribution in [0.4, 0.5) is 0 Å². The lowest BCUT2D eigenvalue weighted by Crippen LogP contribution is -2.38. The lowest BCUT2D eigenvalue weighted by molar-refractivity contribution is 0.0919. The number of hydrogen-bond acceptors (Lipinski definition) is 4. The van der Waals surface area contributed by atoms with Gasteiger partial charge < -0.3 is 5.32 Å². The Kier molecular flexibility index (Phi) is 4.38. The van der Waals surface area contributed by atoms with Gasteiger partial charge in [0.15, 0.2) is 5.69 Å². The highest BCUT2D eigenvalue weighted by molar-refractivity contribution is 7.89. The van der Waals surface area contributed by atoms with Crippen molar-refractivity contribution in [2.75, 3.05) is 0 Å². The molecule has 1 aliphatic rings. The SMILES string of the molecule is CCC(C)C(C)NC(=O)c1n[nH]c(C2CC2)c1S(N)(=O)=O. The van der Waals surface area contributed by atoms with Gasteiger partial charge >= 0.3 is 0 Å². The number of carbonyl (C=O) groups excluding carboxylic acids is 1. The molecule has 0 aliphatic heterocycles. The Morgan fingerprint density at radius 3 is 2.57 bits per heavy atom. The summed E-state index contributed by atoms with van der Waals surface area (Å²) < 4.78 is 23.6. The van der Waals surface area contributed by atoms with Gasteiger partial charge in [0, 0.05) is 12.0 Å². The molecule has 1 amide bonds. The Hall–Kier alpha value is -1.41. The molecule has 118 valence electrons. The van der Waals surface area contributed by atoms with E-state index in [0.29, 0.717) is 5.69 Å². The van der Waals surface area contributed by atoms with Gasteiger partial charge in [-0.05, 0) is 25.7 Å². The molecule has 1 aromatic rings. The molecular formula is C13H22N4O3S. The molecule has 0 bridgehead atoms. The second-order valence-electron chi connectivity index (χ2n) is 5.78. The molecule has 7 nitrogen and oxygen atoms in total. The molecule has 1 fully saturated rings. The Bertz CT molecular complexity index is 634. The van der Waals surface area contributed by atoms with Crippen LogP contribution >= 0.6 is 0 Å². The number of hydrogen-bond donors (Lipinski definition) is 3. The number of nitrogens with zero attached hydrogens (tertiary/aromatic N) is 1. The summed E-state index contributed by atoms with van der Waals surface area (Å²) in [6.45, 7) is 5.94. The maximum Gasteiger partial charge on any atom is 0.273 e. The fraction of sp³-hybridized carbons (Fsp3) is 0.692. The average Bonchev–Trinajstić information content (AvgIpc) is 3.14. The number of carbonyl (C=O) groups is 1. The maximum absolute atomic E-state index is 12.3. The molecule has 1 aliphatic carbocycles. The van der Waals surface area contributed by atoms with E-state index >= 15 is 0 Å². The van der Waals surface area contributed by atoms with Crippen molar-refractivity contribution < 1.29 is 13.2 Å². The van der Waals surface area contributed by atoms with Gasteiger partial charge in [0.1, 0.15) is 4.90 Å². The molecule has 0 spiro atoms. The fourth-order valence-electron chi connectivity index (χ4n) is 2.21. The molecular weight excluding hydrogens is 292 g/mol. The Balaban J connectivity index is 2.29. The molecule has 0 saturated heterocycles. The van der Waals surface area contributed by atoms with Gasteiger partial charge in [0.05, 0.1) is 5.69 Å². The van der Waals surface area contributed by atoms with E-state index in [0.717, 1.165) is 19.3 Å². The molecule has 21 heavy (non-hydrogen) atoms. The number of aromatic nitrogens is 2. The van der Waals surface area contributed by atoms with Gasteiger partial charge in [-0.15, -0.1) is 0 Å².